The third kappa shape index (κ3) is 4.01. The van der Waals surface area contributed by atoms with E-state index in [0.717, 1.165) is 6.42 Å². The van der Waals surface area contributed by atoms with Crippen LogP contribution >= 0.6 is 0 Å². The summed E-state index contributed by atoms with van der Waals surface area (Å²) in [5, 5.41) is 0. The molecule has 27 heavy (non-hydrogen) atoms. The highest BCUT2D eigenvalue weighted by atomic mass is 32.2. The summed E-state index contributed by atoms with van der Waals surface area (Å²) in [6.45, 7) is 5.74. The Morgan fingerprint density at radius 2 is 1.63 bits per heavy atom. The van der Waals surface area contributed by atoms with Gasteiger partial charge in [-0.3, -0.25) is 9.59 Å². The number of sulfonamides is 1. The molecule has 7 nitrogen and oxygen atoms in total. The topological polar surface area (TPSA) is 78.0 Å². The summed E-state index contributed by atoms with van der Waals surface area (Å²) in [4.78, 5) is 28.8. The van der Waals surface area contributed by atoms with Crippen LogP contribution in [0.25, 0.3) is 0 Å². The molecule has 0 bridgehead atoms. The molecule has 1 atom stereocenters. The Hall–Kier alpha value is -1.93. The zero-order valence-corrected chi connectivity index (χ0v) is 16.7. The van der Waals surface area contributed by atoms with E-state index < -0.39 is 16.1 Å². The maximum atomic E-state index is 13.1. The third-order valence-electron chi connectivity index (χ3n) is 5.26. The molecule has 2 amide bonds. The molecule has 0 aliphatic carbocycles. The van der Waals surface area contributed by atoms with Crippen molar-refractivity contribution in [3.8, 4) is 0 Å². The van der Waals surface area contributed by atoms with E-state index in [4.69, 9.17) is 0 Å². The van der Waals surface area contributed by atoms with Crippen LogP contribution in [0.5, 0.6) is 0 Å². The summed E-state index contributed by atoms with van der Waals surface area (Å²) >= 11 is 0. The quantitative estimate of drug-likeness (QED) is 0.752. The van der Waals surface area contributed by atoms with E-state index in [1.807, 2.05) is 13.8 Å². The van der Waals surface area contributed by atoms with E-state index in [0.29, 0.717) is 26.1 Å². The summed E-state index contributed by atoms with van der Waals surface area (Å²) in [5.41, 5.74) is 0. The van der Waals surface area contributed by atoms with Crippen LogP contribution in [0, 0.1) is 5.92 Å². The number of benzene rings is 1. The Kier molecular flexibility index (Phi) is 5.86. The second-order valence-electron chi connectivity index (χ2n) is 7.42. The molecule has 1 aromatic carbocycles. The first-order valence-corrected chi connectivity index (χ1v) is 10.9. The minimum Gasteiger partial charge on any atom is -0.338 e. The minimum absolute atomic E-state index is 0.0191. The zero-order valence-electron chi connectivity index (χ0n) is 15.9. The number of carbonyl (C=O) groups excluding carboxylic acids is 2. The number of amides is 2. The van der Waals surface area contributed by atoms with Gasteiger partial charge < -0.3 is 9.80 Å². The summed E-state index contributed by atoms with van der Waals surface area (Å²) in [5.74, 6) is -0.0185. The molecule has 0 saturated carbocycles. The van der Waals surface area contributed by atoms with Gasteiger partial charge in [-0.2, -0.15) is 4.31 Å². The number of piperazine rings is 1. The van der Waals surface area contributed by atoms with Crippen LogP contribution in [0.15, 0.2) is 35.2 Å². The molecule has 2 fully saturated rings. The van der Waals surface area contributed by atoms with Gasteiger partial charge in [0.1, 0.15) is 6.04 Å². The van der Waals surface area contributed by atoms with Gasteiger partial charge in [-0.1, -0.05) is 32.0 Å². The van der Waals surface area contributed by atoms with Crippen molar-refractivity contribution in [3.05, 3.63) is 30.3 Å². The number of hydrogen-bond donors (Lipinski definition) is 0. The Bertz CT molecular complexity index is 786. The second kappa shape index (κ2) is 7.98. The molecule has 2 aliphatic rings. The van der Waals surface area contributed by atoms with Crippen molar-refractivity contribution >= 4 is 21.8 Å². The predicted octanol–water partition coefficient (Wildman–Crippen LogP) is 1.17. The van der Waals surface area contributed by atoms with Crippen molar-refractivity contribution in [2.24, 2.45) is 5.92 Å². The molecule has 0 radical (unpaired) electrons. The highest BCUT2D eigenvalue weighted by Gasteiger charge is 2.39. The first kappa shape index (κ1) is 19.8. The molecular weight excluding hydrogens is 366 g/mol. The van der Waals surface area contributed by atoms with Crippen molar-refractivity contribution in [2.75, 3.05) is 32.7 Å². The number of likely N-dealkylation sites (tertiary alicyclic amines) is 1. The maximum absolute atomic E-state index is 13.1. The smallest absolute Gasteiger partial charge is 0.245 e. The van der Waals surface area contributed by atoms with Crippen LogP contribution in [0.2, 0.25) is 0 Å². The van der Waals surface area contributed by atoms with E-state index in [1.54, 1.807) is 40.1 Å². The van der Waals surface area contributed by atoms with Gasteiger partial charge in [-0.15, -0.1) is 0 Å². The van der Waals surface area contributed by atoms with Crippen LogP contribution in [0.4, 0.5) is 0 Å². The molecular formula is C19H27N3O4S. The average Bonchev–Trinajstić information content (AvgIpc) is 3.08. The molecule has 0 spiro atoms. The summed E-state index contributed by atoms with van der Waals surface area (Å²) in [6, 6.07) is 7.89. The number of rotatable bonds is 5. The van der Waals surface area contributed by atoms with Crippen molar-refractivity contribution in [2.45, 2.75) is 37.6 Å². The van der Waals surface area contributed by atoms with Gasteiger partial charge in [0, 0.05) is 39.1 Å². The van der Waals surface area contributed by atoms with E-state index in [1.165, 1.54) is 4.31 Å². The number of carbonyl (C=O) groups is 2. The Labute approximate surface area is 161 Å². The third-order valence-corrected chi connectivity index (χ3v) is 7.17. The van der Waals surface area contributed by atoms with E-state index in [-0.39, 0.29) is 35.7 Å². The van der Waals surface area contributed by atoms with E-state index >= 15 is 0 Å². The van der Waals surface area contributed by atoms with Gasteiger partial charge in [0.25, 0.3) is 0 Å². The van der Waals surface area contributed by atoms with Crippen LogP contribution in [0.1, 0.15) is 26.7 Å². The fraction of sp³-hybridized carbons (Fsp3) is 0.579. The van der Waals surface area contributed by atoms with Crippen LogP contribution in [-0.2, 0) is 19.6 Å². The Morgan fingerprint density at radius 1 is 1.00 bits per heavy atom. The van der Waals surface area contributed by atoms with Crippen molar-refractivity contribution < 1.29 is 18.0 Å². The fourth-order valence-electron chi connectivity index (χ4n) is 3.82. The highest BCUT2D eigenvalue weighted by molar-refractivity contribution is 7.89. The summed E-state index contributed by atoms with van der Waals surface area (Å²) in [6.07, 6.45) is 1.29. The largest absolute Gasteiger partial charge is 0.338 e. The van der Waals surface area contributed by atoms with Gasteiger partial charge in [-0.05, 0) is 24.5 Å². The van der Waals surface area contributed by atoms with Crippen LogP contribution < -0.4 is 0 Å². The number of nitrogens with zero attached hydrogens (tertiary/aromatic N) is 3. The molecule has 2 heterocycles. The van der Waals surface area contributed by atoms with Gasteiger partial charge in [0.2, 0.25) is 21.8 Å². The fourth-order valence-corrected chi connectivity index (χ4v) is 5.26. The second-order valence-corrected chi connectivity index (χ2v) is 9.36. The summed E-state index contributed by atoms with van der Waals surface area (Å²) in [7, 11) is -3.54. The van der Waals surface area contributed by atoms with E-state index in [9.17, 15) is 18.0 Å². The molecule has 1 unspecified atom stereocenters. The standard InChI is InChI=1S/C19H27N3O4S/c1-15(2)18(22-10-6-9-17(22)23)19(24)20-11-13-21(14-12-20)27(25,26)16-7-4-3-5-8-16/h3-5,7-8,15,18H,6,9-14H2,1-2H3. The molecule has 3 rings (SSSR count). The molecule has 1 aromatic rings. The van der Waals surface area contributed by atoms with Gasteiger partial charge in [0.05, 0.1) is 4.90 Å². The predicted molar refractivity (Wildman–Crippen MR) is 101 cm³/mol. The van der Waals surface area contributed by atoms with Crippen LogP contribution in [-0.4, -0.2) is 73.1 Å². The Balaban J connectivity index is 1.67. The van der Waals surface area contributed by atoms with Crippen molar-refractivity contribution in [1.82, 2.24) is 14.1 Å². The summed E-state index contributed by atoms with van der Waals surface area (Å²) < 4.78 is 26.9. The van der Waals surface area contributed by atoms with Crippen LogP contribution in [0.3, 0.4) is 0 Å². The van der Waals surface area contributed by atoms with Crippen molar-refractivity contribution in [1.29, 1.82) is 0 Å². The minimum atomic E-state index is -3.54. The monoisotopic (exact) mass is 393 g/mol. The zero-order chi connectivity index (χ0) is 19.6. The van der Waals surface area contributed by atoms with Crippen molar-refractivity contribution in [3.63, 3.8) is 0 Å². The number of hydrogen-bond acceptors (Lipinski definition) is 4. The highest BCUT2D eigenvalue weighted by Crippen LogP contribution is 2.23. The Morgan fingerprint density at radius 3 is 2.15 bits per heavy atom. The molecule has 0 aromatic heterocycles. The molecule has 2 aliphatic heterocycles. The van der Waals surface area contributed by atoms with Gasteiger partial charge in [-0.25, -0.2) is 8.42 Å². The SMILES string of the molecule is CC(C)C(C(=O)N1CCN(S(=O)(=O)c2ccccc2)CC1)N1CCCC1=O. The average molecular weight is 394 g/mol. The lowest BCUT2D eigenvalue weighted by atomic mass is 10.0. The normalized spacial score (nSPS) is 20.3. The molecule has 0 N–H and O–H groups in total. The lowest BCUT2D eigenvalue weighted by Crippen LogP contribution is -2.57. The first-order valence-electron chi connectivity index (χ1n) is 9.46. The van der Waals surface area contributed by atoms with Gasteiger partial charge >= 0.3 is 0 Å². The van der Waals surface area contributed by atoms with Gasteiger partial charge in [0.15, 0.2) is 0 Å². The first-order chi connectivity index (χ1) is 12.8. The molecule has 2 saturated heterocycles. The lowest BCUT2D eigenvalue weighted by Gasteiger charge is -2.39. The van der Waals surface area contributed by atoms with E-state index in [2.05, 4.69) is 0 Å². The molecule has 148 valence electrons. The lowest BCUT2D eigenvalue weighted by molar-refractivity contribution is -0.146. The maximum Gasteiger partial charge on any atom is 0.245 e. The molecule has 8 heteroatoms.